The monoisotopic (exact) mass is 603 g/mol. The average Bonchev–Trinajstić information content (AvgIpc) is 2.96. The number of rotatable bonds is 15. The molecule has 234 valence electrons. The summed E-state index contributed by atoms with van der Waals surface area (Å²) < 4.78 is 0. The van der Waals surface area contributed by atoms with Crippen molar-refractivity contribution < 1.29 is 49.5 Å². The highest BCUT2D eigenvalue weighted by Crippen LogP contribution is 2.14. The van der Waals surface area contributed by atoms with Crippen LogP contribution in [0.5, 0.6) is 11.5 Å². The number of aromatic hydroxyl groups is 2. The second-order valence-corrected chi connectivity index (χ2v) is 9.94. The number of carboxylic acids is 1. The molecular formula is C28H37N5O10. The molecule has 0 fully saturated rings. The molecule has 15 nitrogen and oxygen atoms in total. The number of benzene rings is 2. The Balaban J connectivity index is 2.31. The van der Waals surface area contributed by atoms with Crippen LogP contribution in [0.4, 0.5) is 0 Å². The third kappa shape index (κ3) is 10.9. The summed E-state index contributed by atoms with van der Waals surface area (Å²) in [5.74, 6) is -4.95. The first-order valence-corrected chi connectivity index (χ1v) is 13.3. The van der Waals surface area contributed by atoms with E-state index in [1.54, 1.807) is 0 Å². The van der Waals surface area contributed by atoms with Crippen LogP contribution >= 0.6 is 0 Å². The van der Waals surface area contributed by atoms with Crippen LogP contribution in [0.15, 0.2) is 48.5 Å². The standard InChI is InChI=1S/C28H37N5O10/c1-14(24(38)33-22(13-34)28(42)43)30-25(39)20(11-16-3-7-18(36)8-4-16)31-26(40)21(32-27(41)23(29)15(2)35)12-17-5-9-19(37)10-6-17/h3-10,14-15,20-23,34-37H,11-13,29H2,1-2H3,(H,30,39)(H,31,40)(H,32,41)(H,33,38)(H,42,43)/t14-,15+,20-,21-,22-,23-/m0/s1. The molecule has 2 aromatic carbocycles. The summed E-state index contributed by atoms with van der Waals surface area (Å²) in [5, 5.41) is 56.7. The lowest BCUT2D eigenvalue weighted by Crippen LogP contribution is -2.59. The topological polar surface area (TPSA) is 261 Å². The number of carbonyl (C=O) groups excluding carboxylic acids is 4. The van der Waals surface area contributed by atoms with E-state index in [1.807, 2.05) is 0 Å². The van der Waals surface area contributed by atoms with E-state index in [-0.39, 0.29) is 24.3 Å². The first kappa shape index (κ1) is 34.5. The van der Waals surface area contributed by atoms with Crippen LogP contribution in [0.2, 0.25) is 0 Å². The van der Waals surface area contributed by atoms with Gasteiger partial charge in [0, 0.05) is 12.8 Å². The Kier molecular flexibility index (Phi) is 12.9. The molecule has 2 rings (SSSR count). The maximum Gasteiger partial charge on any atom is 0.328 e. The quantitative estimate of drug-likeness (QED) is 0.103. The van der Waals surface area contributed by atoms with E-state index in [4.69, 9.17) is 15.9 Å². The molecule has 0 saturated heterocycles. The smallest absolute Gasteiger partial charge is 0.328 e. The van der Waals surface area contributed by atoms with Gasteiger partial charge in [0.1, 0.15) is 41.7 Å². The minimum absolute atomic E-state index is 0.0256. The number of aliphatic hydroxyl groups is 2. The Morgan fingerprint density at radius 3 is 1.47 bits per heavy atom. The van der Waals surface area contributed by atoms with Gasteiger partial charge in [-0.1, -0.05) is 24.3 Å². The van der Waals surface area contributed by atoms with Gasteiger partial charge < -0.3 is 52.5 Å². The summed E-state index contributed by atoms with van der Waals surface area (Å²) in [6, 6.07) is 4.70. The predicted octanol–water partition coefficient (Wildman–Crippen LogP) is -2.37. The van der Waals surface area contributed by atoms with Gasteiger partial charge in [-0.05, 0) is 49.2 Å². The van der Waals surface area contributed by atoms with E-state index in [2.05, 4.69) is 21.3 Å². The number of aliphatic hydroxyl groups excluding tert-OH is 2. The molecule has 0 heterocycles. The summed E-state index contributed by atoms with van der Waals surface area (Å²) in [7, 11) is 0. The number of hydrogen-bond donors (Lipinski definition) is 10. The molecule has 11 N–H and O–H groups in total. The number of nitrogens with two attached hydrogens (primary N) is 1. The maximum absolute atomic E-state index is 13.5. The number of phenols is 2. The van der Waals surface area contributed by atoms with Crippen molar-refractivity contribution in [3.63, 3.8) is 0 Å². The predicted molar refractivity (Wildman–Crippen MR) is 151 cm³/mol. The van der Waals surface area contributed by atoms with Crippen LogP contribution < -0.4 is 27.0 Å². The second-order valence-electron chi connectivity index (χ2n) is 9.94. The third-order valence-corrected chi connectivity index (χ3v) is 6.39. The van der Waals surface area contributed by atoms with Gasteiger partial charge in [-0.2, -0.15) is 0 Å². The summed E-state index contributed by atoms with van der Waals surface area (Å²) in [5.41, 5.74) is 6.77. The molecule has 0 unspecified atom stereocenters. The minimum atomic E-state index is -1.60. The number of nitrogens with one attached hydrogen (secondary N) is 4. The second kappa shape index (κ2) is 16.1. The van der Waals surface area contributed by atoms with Crippen LogP contribution in [0, 0.1) is 0 Å². The van der Waals surface area contributed by atoms with Crippen LogP contribution in [-0.4, -0.2) is 98.1 Å². The van der Waals surface area contributed by atoms with Gasteiger partial charge in [0.25, 0.3) is 0 Å². The summed E-state index contributed by atoms with van der Waals surface area (Å²) in [4.78, 5) is 63.1. The normalized spacial score (nSPS) is 15.1. The van der Waals surface area contributed by atoms with Gasteiger partial charge in [0.05, 0.1) is 12.7 Å². The molecule has 0 radical (unpaired) electrons. The summed E-state index contributed by atoms with van der Waals surface area (Å²) >= 11 is 0. The third-order valence-electron chi connectivity index (χ3n) is 6.39. The van der Waals surface area contributed by atoms with Crippen molar-refractivity contribution in [3.05, 3.63) is 59.7 Å². The van der Waals surface area contributed by atoms with E-state index < -0.39 is 72.5 Å². The SMILES string of the molecule is C[C@H](NC(=O)[C@H](Cc1ccc(O)cc1)NC(=O)[C@H](Cc1ccc(O)cc1)NC(=O)[C@@H](N)[C@@H](C)O)C(=O)N[C@@H](CO)C(=O)O. The Hall–Kier alpha value is -4.73. The first-order chi connectivity index (χ1) is 20.2. The summed E-state index contributed by atoms with van der Waals surface area (Å²) in [6.45, 7) is 1.69. The number of phenolic OH excluding ortho intramolecular Hbond substituents is 2. The lowest BCUT2D eigenvalue weighted by molar-refractivity contribution is -0.143. The number of aliphatic carboxylic acids is 1. The zero-order valence-electron chi connectivity index (χ0n) is 23.6. The van der Waals surface area contributed by atoms with E-state index in [0.717, 1.165) is 0 Å². The molecule has 0 aliphatic heterocycles. The molecule has 0 bridgehead atoms. The van der Waals surface area contributed by atoms with E-state index >= 15 is 0 Å². The number of amides is 4. The highest BCUT2D eigenvalue weighted by atomic mass is 16.4. The molecule has 0 aliphatic rings. The van der Waals surface area contributed by atoms with Crippen molar-refractivity contribution in [3.8, 4) is 11.5 Å². The lowest BCUT2D eigenvalue weighted by Gasteiger charge is -2.26. The Morgan fingerprint density at radius 2 is 1.07 bits per heavy atom. The molecule has 0 aromatic heterocycles. The molecule has 6 atom stereocenters. The largest absolute Gasteiger partial charge is 0.508 e. The van der Waals surface area contributed by atoms with Crippen molar-refractivity contribution in [1.29, 1.82) is 0 Å². The Labute approximate surface area is 247 Å². The van der Waals surface area contributed by atoms with Crippen molar-refractivity contribution >= 4 is 29.6 Å². The van der Waals surface area contributed by atoms with Gasteiger partial charge in [-0.15, -0.1) is 0 Å². The van der Waals surface area contributed by atoms with Crippen molar-refractivity contribution in [1.82, 2.24) is 21.3 Å². The van der Waals surface area contributed by atoms with Crippen LogP contribution in [-0.2, 0) is 36.8 Å². The fraction of sp³-hybridized carbons (Fsp3) is 0.393. The number of carbonyl (C=O) groups is 5. The highest BCUT2D eigenvalue weighted by molar-refractivity contribution is 5.95. The van der Waals surface area contributed by atoms with Gasteiger partial charge in [0.15, 0.2) is 0 Å². The van der Waals surface area contributed by atoms with Gasteiger partial charge in [0.2, 0.25) is 23.6 Å². The highest BCUT2D eigenvalue weighted by Gasteiger charge is 2.31. The Morgan fingerprint density at radius 1 is 0.674 bits per heavy atom. The summed E-state index contributed by atoms with van der Waals surface area (Å²) in [6.07, 6.45) is -1.44. The zero-order chi connectivity index (χ0) is 32.3. The van der Waals surface area contributed by atoms with Gasteiger partial charge in [-0.25, -0.2) is 4.79 Å². The molecule has 43 heavy (non-hydrogen) atoms. The van der Waals surface area contributed by atoms with E-state index in [0.29, 0.717) is 11.1 Å². The molecule has 0 saturated carbocycles. The molecule has 0 spiro atoms. The zero-order valence-corrected chi connectivity index (χ0v) is 23.6. The van der Waals surface area contributed by atoms with Crippen molar-refractivity contribution in [2.45, 2.75) is 63.0 Å². The van der Waals surface area contributed by atoms with E-state index in [1.165, 1.54) is 62.4 Å². The van der Waals surface area contributed by atoms with Crippen LogP contribution in [0.3, 0.4) is 0 Å². The lowest BCUT2D eigenvalue weighted by atomic mass is 10.0. The Bertz CT molecular complexity index is 1270. The van der Waals surface area contributed by atoms with Crippen molar-refractivity contribution in [2.75, 3.05) is 6.61 Å². The molecule has 2 aromatic rings. The van der Waals surface area contributed by atoms with Gasteiger partial charge in [-0.3, -0.25) is 19.2 Å². The minimum Gasteiger partial charge on any atom is -0.508 e. The molecular weight excluding hydrogens is 566 g/mol. The van der Waals surface area contributed by atoms with Crippen molar-refractivity contribution in [2.24, 2.45) is 5.73 Å². The van der Waals surface area contributed by atoms with Crippen LogP contribution in [0.25, 0.3) is 0 Å². The molecule has 4 amide bonds. The maximum atomic E-state index is 13.5. The van der Waals surface area contributed by atoms with E-state index in [9.17, 15) is 39.3 Å². The van der Waals surface area contributed by atoms with Gasteiger partial charge >= 0.3 is 5.97 Å². The molecule has 0 aliphatic carbocycles. The number of hydrogen-bond acceptors (Lipinski definition) is 10. The fourth-order valence-electron chi connectivity index (χ4n) is 3.78. The van der Waals surface area contributed by atoms with Crippen LogP contribution in [0.1, 0.15) is 25.0 Å². The fourth-order valence-corrected chi connectivity index (χ4v) is 3.78. The first-order valence-electron chi connectivity index (χ1n) is 13.3. The average molecular weight is 604 g/mol. The molecule has 15 heteroatoms. The number of carboxylic acid groups (broad SMARTS) is 1.